The number of carbonyl (C=O) groups is 2. The molecule has 9 nitrogen and oxygen atoms in total. The van der Waals surface area contributed by atoms with Gasteiger partial charge in [-0.3, -0.25) is 9.59 Å². The van der Waals surface area contributed by atoms with E-state index in [1.807, 2.05) is 0 Å². The molecular formula is C24H23NO8. The molecule has 2 saturated heterocycles. The molecule has 2 unspecified atom stereocenters. The van der Waals surface area contributed by atoms with E-state index in [9.17, 15) is 19.8 Å². The van der Waals surface area contributed by atoms with Gasteiger partial charge >= 0.3 is 0 Å². The summed E-state index contributed by atoms with van der Waals surface area (Å²) >= 11 is 0. The molecule has 2 fully saturated rings. The van der Waals surface area contributed by atoms with Gasteiger partial charge < -0.3 is 34.1 Å². The minimum Gasteiger partial charge on any atom is -0.507 e. The SMILES string of the molecule is COc1ccc(C2/C(=C(/O)c3ccc4c(c3)OCO4)C(=O)C(=O)N2CC2CCCO2)cc1O. The van der Waals surface area contributed by atoms with Gasteiger partial charge in [-0.1, -0.05) is 6.07 Å². The van der Waals surface area contributed by atoms with Gasteiger partial charge in [-0.25, -0.2) is 0 Å². The molecule has 33 heavy (non-hydrogen) atoms. The first-order valence-corrected chi connectivity index (χ1v) is 10.6. The van der Waals surface area contributed by atoms with Crippen molar-refractivity contribution >= 4 is 17.4 Å². The quantitative estimate of drug-likeness (QED) is 0.404. The maximum atomic E-state index is 13.1. The Morgan fingerprint density at radius 3 is 2.70 bits per heavy atom. The van der Waals surface area contributed by atoms with Crippen molar-refractivity contribution in [1.82, 2.24) is 4.90 Å². The molecular weight excluding hydrogens is 430 g/mol. The lowest BCUT2D eigenvalue weighted by Gasteiger charge is -2.27. The Balaban J connectivity index is 1.62. The molecule has 0 spiro atoms. The molecule has 0 saturated carbocycles. The number of carbonyl (C=O) groups excluding carboxylic acids is 2. The van der Waals surface area contributed by atoms with Crippen molar-refractivity contribution in [2.45, 2.75) is 25.0 Å². The third-order valence-corrected chi connectivity index (χ3v) is 6.13. The van der Waals surface area contributed by atoms with Gasteiger partial charge in [-0.05, 0) is 48.7 Å². The van der Waals surface area contributed by atoms with Crippen molar-refractivity contribution in [1.29, 1.82) is 0 Å². The number of likely N-dealkylation sites (tertiary alicyclic amines) is 1. The predicted molar refractivity (Wildman–Crippen MR) is 115 cm³/mol. The van der Waals surface area contributed by atoms with E-state index in [4.69, 9.17) is 18.9 Å². The van der Waals surface area contributed by atoms with Crippen molar-refractivity contribution in [3.63, 3.8) is 0 Å². The molecule has 0 radical (unpaired) electrons. The predicted octanol–water partition coefficient (Wildman–Crippen LogP) is 2.73. The average molecular weight is 453 g/mol. The van der Waals surface area contributed by atoms with E-state index in [-0.39, 0.29) is 42.3 Å². The summed E-state index contributed by atoms with van der Waals surface area (Å²) in [5, 5.41) is 21.5. The molecule has 5 rings (SSSR count). The lowest BCUT2D eigenvalue weighted by Crippen LogP contribution is -2.36. The summed E-state index contributed by atoms with van der Waals surface area (Å²) in [4.78, 5) is 27.6. The number of phenolic OH excluding ortho intramolecular Hbond substituents is 1. The summed E-state index contributed by atoms with van der Waals surface area (Å²) in [7, 11) is 1.43. The smallest absolute Gasteiger partial charge is 0.295 e. The lowest BCUT2D eigenvalue weighted by molar-refractivity contribution is -0.140. The van der Waals surface area contributed by atoms with Crippen LogP contribution in [0.3, 0.4) is 0 Å². The summed E-state index contributed by atoms with van der Waals surface area (Å²) < 4.78 is 21.5. The fourth-order valence-corrected chi connectivity index (χ4v) is 4.50. The van der Waals surface area contributed by atoms with Gasteiger partial charge in [0.05, 0.1) is 24.8 Å². The molecule has 2 N–H and O–H groups in total. The van der Waals surface area contributed by atoms with Crippen molar-refractivity contribution in [3.05, 3.63) is 53.1 Å². The molecule has 2 aromatic carbocycles. The number of nitrogens with zero attached hydrogens (tertiary/aromatic N) is 1. The number of fused-ring (bicyclic) bond motifs is 1. The largest absolute Gasteiger partial charge is 0.507 e. The maximum absolute atomic E-state index is 13.1. The second kappa shape index (κ2) is 8.32. The zero-order chi connectivity index (χ0) is 23.1. The van der Waals surface area contributed by atoms with Crippen LogP contribution in [0, 0.1) is 0 Å². The van der Waals surface area contributed by atoms with Crippen LogP contribution >= 0.6 is 0 Å². The number of aromatic hydroxyl groups is 1. The monoisotopic (exact) mass is 453 g/mol. The van der Waals surface area contributed by atoms with Crippen LogP contribution in [0.5, 0.6) is 23.0 Å². The van der Waals surface area contributed by atoms with Crippen molar-refractivity contribution in [3.8, 4) is 23.0 Å². The topological polar surface area (TPSA) is 115 Å². The van der Waals surface area contributed by atoms with Crippen LogP contribution in [0.1, 0.15) is 30.0 Å². The second-order valence-electron chi connectivity index (χ2n) is 8.09. The molecule has 0 aromatic heterocycles. The number of amides is 1. The molecule has 2 aromatic rings. The van der Waals surface area contributed by atoms with Crippen molar-refractivity contribution < 1.29 is 38.7 Å². The molecule has 0 aliphatic carbocycles. The number of rotatable bonds is 5. The average Bonchev–Trinajstić information content (AvgIpc) is 3.55. The van der Waals surface area contributed by atoms with Crippen LogP contribution in [0.15, 0.2) is 42.0 Å². The highest BCUT2D eigenvalue weighted by molar-refractivity contribution is 6.46. The van der Waals surface area contributed by atoms with Crippen LogP contribution < -0.4 is 14.2 Å². The van der Waals surface area contributed by atoms with Crippen molar-refractivity contribution in [2.75, 3.05) is 27.1 Å². The highest BCUT2D eigenvalue weighted by Crippen LogP contribution is 2.43. The normalized spacial score (nSPS) is 23.4. The molecule has 3 heterocycles. The Kier molecular flexibility index (Phi) is 5.33. The number of aliphatic hydroxyl groups is 1. The summed E-state index contributed by atoms with van der Waals surface area (Å²) in [6, 6.07) is 8.53. The van der Waals surface area contributed by atoms with Gasteiger partial charge in [0.25, 0.3) is 11.7 Å². The number of Topliss-reactive ketones (excluding diaryl/α,β-unsaturated/α-hetero) is 1. The van der Waals surface area contributed by atoms with Gasteiger partial charge in [0.15, 0.2) is 23.0 Å². The number of phenols is 1. The standard InChI is InChI=1S/C24H23NO8/c1-30-17-6-4-13(9-16(17)26)21-20(22(27)14-5-7-18-19(10-14)33-12-32-18)23(28)24(29)25(21)11-15-3-2-8-31-15/h4-7,9-10,15,21,26-27H,2-3,8,11-12H2,1H3/b22-20-. The first-order chi connectivity index (χ1) is 16.0. The molecule has 0 bridgehead atoms. The van der Waals surface area contributed by atoms with E-state index in [0.717, 1.165) is 12.8 Å². The van der Waals surface area contributed by atoms with E-state index < -0.39 is 17.7 Å². The number of aliphatic hydroxyl groups excluding tert-OH is 1. The highest BCUT2D eigenvalue weighted by atomic mass is 16.7. The Labute approximate surface area is 189 Å². The van der Waals surface area contributed by atoms with Crippen LogP contribution in [-0.4, -0.2) is 60.0 Å². The Morgan fingerprint density at radius 1 is 1.15 bits per heavy atom. The number of hydrogen-bond donors (Lipinski definition) is 2. The number of hydrogen-bond acceptors (Lipinski definition) is 8. The van der Waals surface area contributed by atoms with E-state index >= 15 is 0 Å². The van der Waals surface area contributed by atoms with Crippen LogP contribution in [0.4, 0.5) is 0 Å². The number of ether oxygens (including phenoxy) is 4. The Morgan fingerprint density at radius 2 is 1.97 bits per heavy atom. The molecule has 1 amide bonds. The summed E-state index contributed by atoms with van der Waals surface area (Å²) in [5.74, 6) is -0.780. The molecule has 2 atom stereocenters. The second-order valence-corrected chi connectivity index (χ2v) is 8.09. The van der Waals surface area contributed by atoms with E-state index in [0.29, 0.717) is 29.2 Å². The number of methoxy groups -OCH3 is 1. The van der Waals surface area contributed by atoms with Gasteiger partial charge in [0.1, 0.15) is 5.76 Å². The third-order valence-electron chi connectivity index (χ3n) is 6.13. The lowest BCUT2D eigenvalue weighted by atomic mass is 9.94. The molecule has 3 aliphatic heterocycles. The summed E-state index contributed by atoms with van der Waals surface area (Å²) in [6.45, 7) is 0.857. The Bertz CT molecular complexity index is 1150. The fraction of sp³-hybridized carbons (Fsp3) is 0.333. The maximum Gasteiger partial charge on any atom is 0.295 e. The van der Waals surface area contributed by atoms with E-state index in [1.54, 1.807) is 30.3 Å². The van der Waals surface area contributed by atoms with Crippen LogP contribution in [0.25, 0.3) is 5.76 Å². The van der Waals surface area contributed by atoms with Gasteiger partial charge in [0.2, 0.25) is 6.79 Å². The third kappa shape index (κ3) is 3.64. The molecule has 172 valence electrons. The molecule has 9 heteroatoms. The van der Waals surface area contributed by atoms with E-state index in [2.05, 4.69) is 0 Å². The minimum atomic E-state index is -0.906. The van der Waals surface area contributed by atoms with Crippen LogP contribution in [0.2, 0.25) is 0 Å². The zero-order valence-electron chi connectivity index (χ0n) is 17.9. The number of ketones is 1. The minimum absolute atomic E-state index is 0.0659. The molecule has 3 aliphatic rings. The summed E-state index contributed by atoms with van der Waals surface area (Å²) in [5.41, 5.74) is 0.714. The van der Waals surface area contributed by atoms with Crippen LogP contribution in [-0.2, 0) is 14.3 Å². The Hall–Kier alpha value is -3.72. The zero-order valence-corrected chi connectivity index (χ0v) is 17.9. The van der Waals surface area contributed by atoms with Crippen molar-refractivity contribution in [2.24, 2.45) is 0 Å². The van der Waals surface area contributed by atoms with Gasteiger partial charge in [-0.2, -0.15) is 0 Å². The van der Waals surface area contributed by atoms with Gasteiger partial charge in [-0.15, -0.1) is 0 Å². The number of benzene rings is 2. The summed E-state index contributed by atoms with van der Waals surface area (Å²) in [6.07, 6.45) is 1.44. The first-order valence-electron chi connectivity index (χ1n) is 10.6. The van der Waals surface area contributed by atoms with E-state index in [1.165, 1.54) is 18.1 Å². The first kappa shape index (κ1) is 21.1. The highest BCUT2D eigenvalue weighted by Gasteiger charge is 2.47. The van der Waals surface area contributed by atoms with Gasteiger partial charge in [0, 0.05) is 18.7 Å². The fourth-order valence-electron chi connectivity index (χ4n) is 4.50.